The van der Waals surface area contributed by atoms with Gasteiger partial charge in [-0.1, -0.05) is 0 Å². The first kappa shape index (κ1) is 14.3. The molecule has 0 saturated heterocycles. The highest BCUT2D eigenvalue weighted by atomic mass is 35.5. The van der Waals surface area contributed by atoms with Crippen LogP contribution in [0, 0.1) is 0 Å². The maximum absolute atomic E-state index is 11.0. The third-order valence-corrected chi connectivity index (χ3v) is 3.46. The molecule has 96 valence electrons. The van der Waals surface area contributed by atoms with Crippen LogP contribution in [0.2, 0.25) is 0 Å². The van der Waals surface area contributed by atoms with Crippen LogP contribution in [0.25, 0.3) is 10.4 Å². The zero-order valence-electron chi connectivity index (χ0n) is 9.54. The summed E-state index contributed by atoms with van der Waals surface area (Å²) < 4.78 is 5.02. The number of benzene rings is 1. The number of halogens is 1. The minimum atomic E-state index is -0.438. The molecule has 1 aromatic carbocycles. The van der Waals surface area contributed by atoms with E-state index < -0.39 is 5.91 Å². The predicted molar refractivity (Wildman–Crippen MR) is 73.7 cm³/mol. The Morgan fingerprint density at radius 2 is 2.06 bits per heavy atom. The van der Waals surface area contributed by atoms with E-state index in [1.54, 1.807) is 24.3 Å². The first-order valence-corrected chi connectivity index (χ1v) is 5.70. The summed E-state index contributed by atoms with van der Waals surface area (Å²) in [5.41, 5.74) is 6.06. The lowest BCUT2D eigenvalue weighted by atomic mass is 10.1. The van der Waals surface area contributed by atoms with Crippen molar-refractivity contribution in [1.82, 2.24) is 0 Å². The number of thiophene rings is 1. The molecule has 2 rings (SSSR count). The molecule has 0 unspecified atom stereocenters. The lowest BCUT2D eigenvalue weighted by Crippen LogP contribution is -2.07. The lowest BCUT2D eigenvalue weighted by molar-refractivity contribution is 0.100. The lowest BCUT2D eigenvalue weighted by Gasteiger charge is -2.04. The van der Waals surface area contributed by atoms with Crippen molar-refractivity contribution in [2.24, 2.45) is 5.73 Å². The van der Waals surface area contributed by atoms with E-state index in [0.29, 0.717) is 10.6 Å². The Morgan fingerprint density at radius 1 is 1.33 bits per heavy atom. The summed E-state index contributed by atoms with van der Waals surface area (Å²) >= 11 is 1.31. The zero-order chi connectivity index (χ0) is 12.4. The fraction of sp³-hybridized carbons (Fsp3) is 0.0833. The number of phenolic OH excluding ortho intramolecular Hbond substituents is 1. The van der Waals surface area contributed by atoms with Gasteiger partial charge in [-0.2, -0.15) is 0 Å². The zero-order valence-corrected chi connectivity index (χ0v) is 11.2. The summed E-state index contributed by atoms with van der Waals surface area (Å²) in [6.45, 7) is 0. The molecule has 0 saturated carbocycles. The quantitative estimate of drug-likeness (QED) is 0.910. The molecule has 0 atom stereocenters. The van der Waals surface area contributed by atoms with E-state index in [1.807, 2.05) is 6.07 Å². The number of phenols is 1. The summed E-state index contributed by atoms with van der Waals surface area (Å²) in [5.74, 6) is 0.0476. The van der Waals surface area contributed by atoms with Crippen LogP contribution in [-0.4, -0.2) is 18.1 Å². The van der Waals surface area contributed by atoms with Crippen molar-refractivity contribution in [2.75, 3.05) is 7.11 Å². The average Bonchev–Trinajstić information content (AvgIpc) is 2.79. The van der Waals surface area contributed by atoms with Crippen molar-refractivity contribution >= 4 is 29.7 Å². The number of ether oxygens (including phenoxy) is 1. The monoisotopic (exact) mass is 285 g/mol. The standard InChI is InChI=1S/C12H11NO3S.ClH/c1-16-9-6-7(2-3-8(9)14)10-4-5-11(17-10)12(13)15;/h2-6,14H,1H3,(H2,13,15);1H. The van der Waals surface area contributed by atoms with Crippen molar-refractivity contribution in [3.05, 3.63) is 35.2 Å². The van der Waals surface area contributed by atoms with Gasteiger partial charge < -0.3 is 15.6 Å². The first-order valence-electron chi connectivity index (χ1n) is 4.89. The van der Waals surface area contributed by atoms with Gasteiger partial charge in [0, 0.05) is 4.88 Å². The van der Waals surface area contributed by atoms with Crippen LogP contribution in [0.15, 0.2) is 30.3 Å². The summed E-state index contributed by atoms with van der Waals surface area (Å²) in [5, 5.41) is 9.48. The van der Waals surface area contributed by atoms with Crippen LogP contribution in [0.3, 0.4) is 0 Å². The Bertz CT molecular complexity index is 568. The maximum atomic E-state index is 11.0. The molecule has 0 radical (unpaired) electrons. The molecule has 1 heterocycles. The number of amides is 1. The van der Waals surface area contributed by atoms with Gasteiger partial charge >= 0.3 is 0 Å². The molecule has 0 bridgehead atoms. The SMILES string of the molecule is COc1cc(-c2ccc(C(N)=O)s2)ccc1O.Cl. The largest absolute Gasteiger partial charge is 0.504 e. The van der Waals surface area contributed by atoms with Crippen LogP contribution in [-0.2, 0) is 0 Å². The molecule has 18 heavy (non-hydrogen) atoms. The number of hydrogen-bond acceptors (Lipinski definition) is 4. The third kappa shape index (κ3) is 2.75. The molecular formula is C12H12ClNO3S. The summed E-state index contributed by atoms with van der Waals surface area (Å²) in [6, 6.07) is 8.52. The van der Waals surface area contributed by atoms with Gasteiger partial charge in [0.25, 0.3) is 5.91 Å². The number of methoxy groups -OCH3 is 1. The molecule has 6 heteroatoms. The highest BCUT2D eigenvalue weighted by molar-refractivity contribution is 7.17. The van der Waals surface area contributed by atoms with Crippen molar-refractivity contribution in [2.45, 2.75) is 0 Å². The second-order valence-electron chi connectivity index (χ2n) is 3.41. The summed E-state index contributed by atoms with van der Waals surface area (Å²) in [4.78, 5) is 12.4. The topological polar surface area (TPSA) is 72.5 Å². The van der Waals surface area contributed by atoms with Crippen molar-refractivity contribution < 1.29 is 14.6 Å². The minimum Gasteiger partial charge on any atom is -0.504 e. The van der Waals surface area contributed by atoms with Gasteiger partial charge in [-0.3, -0.25) is 4.79 Å². The van der Waals surface area contributed by atoms with Crippen molar-refractivity contribution in [1.29, 1.82) is 0 Å². The van der Waals surface area contributed by atoms with Gasteiger partial charge in [-0.25, -0.2) is 0 Å². The predicted octanol–water partition coefficient (Wildman–Crippen LogP) is 2.65. The number of carbonyl (C=O) groups excluding carboxylic acids is 1. The molecule has 0 aliphatic carbocycles. The smallest absolute Gasteiger partial charge is 0.258 e. The Balaban J connectivity index is 0.00000162. The second kappa shape index (κ2) is 5.75. The van der Waals surface area contributed by atoms with Crippen molar-refractivity contribution in [3.63, 3.8) is 0 Å². The molecule has 2 aromatic rings. The van der Waals surface area contributed by atoms with E-state index in [-0.39, 0.29) is 18.2 Å². The highest BCUT2D eigenvalue weighted by Crippen LogP contribution is 2.34. The van der Waals surface area contributed by atoms with Gasteiger partial charge in [0.1, 0.15) is 0 Å². The Labute approximate surface area is 114 Å². The molecule has 4 nitrogen and oxygen atoms in total. The summed E-state index contributed by atoms with van der Waals surface area (Å²) in [6.07, 6.45) is 0. The van der Waals surface area contributed by atoms with Crippen LogP contribution < -0.4 is 10.5 Å². The first-order chi connectivity index (χ1) is 8.11. The van der Waals surface area contributed by atoms with Gasteiger partial charge in [0.15, 0.2) is 11.5 Å². The maximum Gasteiger partial charge on any atom is 0.258 e. The van der Waals surface area contributed by atoms with Gasteiger partial charge in [0.05, 0.1) is 12.0 Å². The fourth-order valence-corrected chi connectivity index (χ4v) is 2.31. The molecule has 1 aromatic heterocycles. The van der Waals surface area contributed by atoms with E-state index >= 15 is 0 Å². The number of carbonyl (C=O) groups is 1. The highest BCUT2D eigenvalue weighted by Gasteiger charge is 2.09. The second-order valence-corrected chi connectivity index (χ2v) is 4.50. The van der Waals surface area contributed by atoms with E-state index in [1.165, 1.54) is 18.4 Å². The average molecular weight is 286 g/mol. The Hall–Kier alpha value is -1.72. The number of primary amides is 1. The van der Waals surface area contributed by atoms with E-state index in [9.17, 15) is 9.90 Å². The molecule has 0 spiro atoms. The normalized spacial score (nSPS) is 9.61. The van der Waals surface area contributed by atoms with Gasteiger partial charge in [0.2, 0.25) is 0 Å². The van der Waals surface area contributed by atoms with E-state index in [4.69, 9.17) is 10.5 Å². The van der Waals surface area contributed by atoms with Crippen LogP contribution in [0.5, 0.6) is 11.5 Å². The molecule has 3 N–H and O–H groups in total. The number of rotatable bonds is 3. The number of aromatic hydroxyl groups is 1. The van der Waals surface area contributed by atoms with Crippen LogP contribution >= 0.6 is 23.7 Å². The van der Waals surface area contributed by atoms with Crippen LogP contribution in [0.4, 0.5) is 0 Å². The molecule has 0 aliphatic heterocycles. The van der Waals surface area contributed by atoms with E-state index in [0.717, 1.165) is 10.4 Å². The molecule has 0 fully saturated rings. The Morgan fingerprint density at radius 3 is 2.61 bits per heavy atom. The number of nitrogens with two attached hydrogens (primary N) is 1. The Kier molecular flexibility index (Phi) is 4.58. The van der Waals surface area contributed by atoms with Crippen molar-refractivity contribution in [3.8, 4) is 21.9 Å². The van der Waals surface area contributed by atoms with E-state index in [2.05, 4.69) is 0 Å². The fourth-order valence-electron chi connectivity index (χ4n) is 1.46. The third-order valence-electron chi connectivity index (χ3n) is 2.31. The number of hydrogen-bond donors (Lipinski definition) is 2. The van der Waals surface area contributed by atoms with Gasteiger partial charge in [-0.05, 0) is 35.9 Å². The van der Waals surface area contributed by atoms with Crippen LogP contribution in [0.1, 0.15) is 9.67 Å². The molecule has 0 aliphatic rings. The van der Waals surface area contributed by atoms with Gasteiger partial charge in [-0.15, -0.1) is 23.7 Å². The minimum absolute atomic E-state index is 0. The molecule has 1 amide bonds. The molecular weight excluding hydrogens is 274 g/mol. The summed E-state index contributed by atoms with van der Waals surface area (Å²) in [7, 11) is 1.49.